The van der Waals surface area contributed by atoms with Crippen molar-refractivity contribution in [3.63, 3.8) is 0 Å². The first-order valence-corrected chi connectivity index (χ1v) is 8.88. The molecule has 28 heavy (non-hydrogen) atoms. The first-order valence-electron chi connectivity index (χ1n) is 8.88. The van der Waals surface area contributed by atoms with Gasteiger partial charge in [0.2, 0.25) is 5.91 Å². The molecule has 1 aromatic heterocycles. The van der Waals surface area contributed by atoms with Crippen molar-refractivity contribution in [1.82, 2.24) is 10.2 Å². The highest BCUT2D eigenvalue weighted by atomic mass is 19.1. The van der Waals surface area contributed by atoms with Crippen LogP contribution in [0.25, 0.3) is 0 Å². The number of halogens is 1. The number of rotatable bonds is 8. The molecule has 2 aromatic carbocycles. The second-order valence-electron chi connectivity index (χ2n) is 6.15. The Bertz CT molecular complexity index is 932. The van der Waals surface area contributed by atoms with Gasteiger partial charge in [0.15, 0.2) is 5.82 Å². The van der Waals surface area contributed by atoms with Gasteiger partial charge in [-0.2, -0.15) is 0 Å². The summed E-state index contributed by atoms with van der Waals surface area (Å²) >= 11 is 0. The molecule has 1 heterocycles. The molecule has 144 valence electrons. The molecule has 0 radical (unpaired) electrons. The SMILES string of the molecule is COc1cccc(CCNc2ccc(NC(=O)Cc3ccccc3F)nn2)c1. The van der Waals surface area contributed by atoms with Gasteiger partial charge in [-0.15, -0.1) is 10.2 Å². The van der Waals surface area contributed by atoms with Crippen molar-refractivity contribution in [2.24, 2.45) is 0 Å². The molecule has 0 aliphatic heterocycles. The standard InChI is InChI=1S/C21H21FN4O2/c1-28-17-7-4-5-15(13-17)11-12-23-19-9-10-20(26-25-19)24-21(27)14-16-6-2-3-8-18(16)22/h2-10,13H,11-12,14H2,1H3,(H,23,25)(H,24,26,27). The van der Waals surface area contributed by atoms with Crippen LogP contribution in [0.2, 0.25) is 0 Å². The molecule has 2 N–H and O–H groups in total. The molecule has 0 unspecified atom stereocenters. The van der Waals surface area contributed by atoms with Gasteiger partial charge in [-0.05, 0) is 47.9 Å². The van der Waals surface area contributed by atoms with E-state index in [1.54, 1.807) is 37.4 Å². The van der Waals surface area contributed by atoms with Crippen LogP contribution in [-0.4, -0.2) is 29.8 Å². The predicted molar refractivity (Wildman–Crippen MR) is 106 cm³/mol. The van der Waals surface area contributed by atoms with Gasteiger partial charge in [0.1, 0.15) is 17.4 Å². The number of hydrogen-bond donors (Lipinski definition) is 2. The molecule has 0 fully saturated rings. The Kier molecular flexibility index (Phi) is 6.51. The highest BCUT2D eigenvalue weighted by Gasteiger charge is 2.09. The molecule has 1 amide bonds. The van der Waals surface area contributed by atoms with Crippen molar-refractivity contribution in [1.29, 1.82) is 0 Å². The lowest BCUT2D eigenvalue weighted by molar-refractivity contribution is -0.115. The number of methoxy groups -OCH3 is 1. The number of nitrogens with one attached hydrogen (secondary N) is 2. The first kappa shape index (κ1) is 19.3. The van der Waals surface area contributed by atoms with Gasteiger partial charge in [-0.25, -0.2) is 4.39 Å². The molecule has 7 heteroatoms. The predicted octanol–water partition coefficient (Wildman–Crippen LogP) is 3.46. The molecule has 0 aliphatic rings. The topological polar surface area (TPSA) is 76.1 Å². The molecule has 0 saturated carbocycles. The lowest BCUT2D eigenvalue weighted by Crippen LogP contribution is -2.16. The lowest BCUT2D eigenvalue weighted by Gasteiger charge is -2.08. The van der Waals surface area contributed by atoms with E-state index in [2.05, 4.69) is 20.8 Å². The van der Waals surface area contributed by atoms with E-state index >= 15 is 0 Å². The van der Waals surface area contributed by atoms with Crippen molar-refractivity contribution in [2.75, 3.05) is 24.3 Å². The van der Waals surface area contributed by atoms with Crippen LogP contribution in [0, 0.1) is 5.82 Å². The van der Waals surface area contributed by atoms with Gasteiger partial charge >= 0.3 is 0 Å². The van der Waals surface area contributed by atoms with E-state index < -0.39 is 5.82 Å². The van der Waals surface area contributed by atoms with Crippen molar-refractivity contribution in [2.45, 2.75) is 12.8 Å². The fourth-order valence-corrected chi connectivity index (χ4v) is 2.66. The van der Waals surface area contributed by atoms with Crippen LogP contribution < -0.4 is 15.4 Å². The number of carbonyl (C=O) groups is 1. The third-order valence-electron chi connectivity index (χ3n) is 4.09. The number of amides is 1. The summed E-state index contributed by atoms with van der Waals surface area (Å²) < 4.78 is 18.8. The lowest BCUT2D eigenvalue weighted by atomic mass is 10.1. The van der Waals surface area contributed by atoms with Crippen LogP contribution >= 0.6 is 0 Å². The van der Waals surface area contributed by atoms with Crippen LogP contribution in [0.1, 0.15) is 11.1 Å². The third kappa shape index (κ3) is 5.51. The molecular weight excluding hydrogens is 359 g/mol. The maximum absolute atomic E-state index is 13.6. The number of hydrogen-bond acceptors (Lipinski definition) is 5. The van der Waals surface area contributed by atoms with Crippen LogP contribution in [0.3, 0.4) is 0 Å². The molecule has 3 rings (SSSR count). The summed E-state index contributed by atoms with van der Waals surface area (Å²) in [5, 5.41) is 13.8. The molecule has 0 saturated heterocycles. The largest absolute Gasteiger partial charge is 0.497 e. The Morgan fingerprint density at radius 2 is 1.82 bits per heavy atom. The summed E-state index contributed by atoms with van der Waals surface area (Å²) in [6.45, 7) is 0.681. The van der Waals surface area contributed by atoms with E-state index in [-0.39, 0.29) is 12.3 Å². The number of aromatic nitrogens is 2. The van der Waals surface area contributed by atoms with Gasteiger partial charge in [-0.1, -0.05) is 30.3 Å². The molecule has 6 nitrogen and oxygen atoms in total. The summed E-state index contributed by atoms with van der Waals surface area (Å²) in [5.41, 5.74) is 1.49. The second-order valence-corrected chi connectivity index (χ2v) is 6.15. The summed E-state index contributed by atoms with van der Waals surface area (Å²) in [4.78, 5) is 12.0. The molecular formula is C21H21FN4O2. The number of benzene rings is 2. The molecule has 0 spiro atoms. The first-order chi connectivity index (χ1) is 13.6. The number of carbonyl (C=O) groups excluding carboxylic acids is 1. The van der Waals surface area contributed by atoms with Gasteiger partial charge in [0.05, 0.1) is 13.5 Å². The Labute approximate surface area is 162 Å². The van der Waals surface area contributed by atoms with Crippen molar-refractivity contribution < 1.29 is 13.9 Å². The van der Waals surface area contributed by atoms with E-state index in [0.29, 0.717) is 23.7 Å². The Morgan fingerprint density at radius 3 is 2.57 bits per heavy atom. The molecule has 0 aliphatic carbocycles. The summed E-state index contributed by atoms with van der Waals surface area (Å²) in [7, 11) is 1.64. The molecule has 0 atom stereocenters. The third-order valence-corrected chi connectivity index (χ3v) is 4.09. The van der Waals surface area contributed by atoms with Crippen LogP contribution in [0.4, 0.5) is 16.0 Å². The van der Waals surface area contributed by atoms with Crippen molar-refractivity contribution in [3.05, 3.63) is 77.6 Å². The fourth-order valence-electron chi connectivity index (χ4n) is 2.66. The highest BCUT2D eigenvalue weighted by Crippen LogP contribution is 2.14. The minimum atomic E-state index is -0.403. The zero-order valence-corrected chi connectivity index (χ0v) is 15.5. The summed E-state index contributed by atoms with van der Waals surface area (Å²) in [5.74, 6) is 1.000. The number of anilines is 2. The minimum absolute atomic E-state index is 0.0606. The quantitative estimate of drug-likeness (QED) is 0.626. The molecule has 3 aromatic rings. The van der Waals surface area contributed by atoms with Crippen LogP contribution in [-0.2, 0) is 17.6 Å². The fraction of sp³-hybridized carbons (Fsp3) is 0.190. The molecule has 0 bridgehead atoms. The maximum atomic E-state index is 13.6. The second kappa shape index (κ2) is 9.45. The average Bonchev–Trinajstić information content (AvgIpc) is 2.71. The normalized spacial score (nSPS) is 10.4. The maximum Gasteiger partial charge on any atom is 0.230 e. The van der Waals surface area contributed by atoms with E-state index in [0.717, 1.165) is 17.7 Å². The van der Waals surface area contributed by atoms with E-state index in [1.165, 1.54) is 6.07 Å². The van der Waals surface area contributed by atoms with Crippen LogP contribution in [0.5, 0.6) is 5.75 Å². The Hall–Kier alpha value is -3.48. The zero-order valence-electron chi connectivity index (χ0n) is 15.5. The van der Waals surface area contributed by atoms with Gasteiger partial charge in [-0.3, -0.25) is 4.79 Å². The number of ether oxygens (including phenoxy) is 1. The van der Waals surface area contributed by atoms with Crippen molar-refractivity contribution >= 4 is 17.5 Å². The van der Waals surface area contributed by atoms with E-state index in [9.17, 15) is 9.18 Å². The Balaban J connectivity index is 1.48. The minimum Gasteiger partial charge on any atom is -0.497 e. The highest BCUT2D eigenvalue weighted by molar-refractivity contribution is 5.91. The van der Waals surface area contributed by atoms with Gasteiger partial charge < -0.3 is 15.4 Å². The van der Waals surface area contributed by atoms with Gasteiger partial charge in [0.25, 0.3) is 0 Å². The average molecular weight is 380 g/mol. The smallest absolute Gasteiger partial charge is 0.230 e. The van der Waals surface area contributed by atoms with E-state index in [1.807, 2.05) is 24.3 Å². The van der Waals surface area contributed by atoms with Gasteiger partial charge in [0, 0.05) is 6.54 Å². The zero-order chi connectivity index (χ0) is 19.8. The van der Waals surface area contributed by atoms with Crippen LogP contribution in [0.15, 0.2) is 60.7 Å². The Morgan fingerprint density at radius 1 is 1.04 bits per heavy atom. The van der Waals surface area contributed by atoms with Crippen molar-refractivity contribution in [3.8, 4) is 5.75 Å². The summed E-state index contributed by atoms with van der Waals surface area (Å²) in [6, 6.07) is 17.4. The summed E-state index contributed by atoms with van der Waals surface area (Å²) in [6.07, 6.45) is 0.745. The monoisotopic (exact) mass is 380 g/mol. The number of nitrogens with zero attached hydrogens (tertiary/aromatic N) is 2. The van der Waals surface area contributed by atoms with E-state index in [4.69, 9.17) is 4.74 Å².